The van der Waals surface area contributed by atoms with Gasteiger partial charge in [-0.05, 0) is 25.7 Å². The van der Waals surface area contributed by atoms with Gasteiger partial charge in [0.25, 0.3) is 0 Å². The number of likely N-dealkylation sites (N-methyl/N-ethyl adjacent to an activating group) is 1. The average molecular weight is 285 g/mol. The van der Waals surface area contributed by atoms with E-state index in [4.69, 9.17) is 0 Å². The zero-order chi connectivity index (χ0) is 15.4. The lowest BCUT2D eigenvalue weighted by Crippen LogP contribution is -2.56. The number of hydrogen-bond acceptors (Lipinski definition) is 3. The van der Waals surface area contributed by atoms with Crippen molar-refractivity contribution in [3.8, 4) is 0 Å². The van der Waals surface area contributed by atoms with E-state index in [1.165, 1.54) is 9.80 Å². The van der Waals surface area contributed by atoms with Crippen LogP contribution in [0.3, 0.4) is 0 Å². The third-order valence-electron chi connectivity index (χ3n) is 3.56. The van der Waals surface area contributed by atoms with Gasteiger partial charge in [-0.15, -0.1) is 0 Å². The molecular weight excluding hydrogens is 262 g/mol. The fraction of sp³-hybridized carbons (Fsp3) is 0.769. The average Bonchev–Trinajstić information content (AvgIpc) is 2.37. The standard InChI is InChI=1S/C13H23N3O4/c1-8-5-6-16(10(7-8)12(18)19)13(20)14-9(2)11(17)15(3)4/h8-10H,5-7H2,1-4H3,(H,14,20)(H,18,19). The fourth-order valence-corrected chi connectivity index (χ4v) is 2.34. The van der Waals surface area contributed by atoms with Gasteiger partial charge in [-0.3, -0.25) is 4.79 Å². The molecule has 1 saturated heterocycles. The molecule has 7 heteroatoms. The number of carboxylic acids is 1. The van der Waals surface area contributed by atoms with Gasteiger partial charge in [0.15, 0.2) is 0 Å². The van der Waals surface area contributed by atoms with Crippen molar-refractivity contribution >= 4 is 17.9 Å². The van der Waals surface area contributed by atoms with Gasteiger partial charge >= 0.3 is 12.0 Å². The molecule has 0 radical (unpaired) electrons. The Morgan fingerprint density at radius 3 is 2.45 bits per heavy atom. The van der Waals surface area contributed by atoms with Gasteiger partial charge < -0.3 is 20.2 Å². The van der Waals surface area contributed by atoms with E-state index in [0.29, 0.717) is 13.0 Å². The van der Waals surface area contributed by atoms with Gasteiger partial charge in [0.05, 0.1) is 0 Å². The fourth-order valence-electron chi connectivity index (χ4n) is 2.34. The molecule has 114 valence electrons. The van der Waals surface area contributed by atoms with Crippen LogP contribution in [0.5, 0.6) is 0 Å². The van der Waals surface area contributed by atoms with Crippen molar-refractivity contribution in [2.45, 2.75) is 38.8 Å². The van der Waals surface area contributed by atoms with Gasteiger partial charge in [-0.1, -0.05) is 6.92 Å². The van der Waals surface area contributed by atoms with E-state index in [9.17, 15) is 19.5 Å². The highest BCUT2D eigenvalue weighted by molar-refractivity contribution is 5.88. The summed E-state index contributed by atoms with van der Waals surface area (Å²) in [7, 11) is 3.21. The molecule has 7 nitrogen and oxygen atoms in total. The van der Waals surface area contributed by atoms with Crippen molar-refractivity contribution in [1.29, 1.82) is 0 Å². The molecule has 1 aliphatic rings. The van der Waals surface area contributed by atoms with Crippen LogP contribution < -0.4 is 5.32 Å². The second-order valence-corrected chi connectivity index (χ2v) is 5.58. The van der Waals surface area contributed by atoms with E-state index >= 15 is 0 Å². The molecule has 0 aromatic heterocycles. The van der Waals surface area contributed by atoms with E-state index in [1.54, 1.807) is 21.0 Å². The maximum absolute atomic E-state index is 12.1. The van der Waals surface area contributed by atoms with Crippen LogP contribution in [0.15, 0.2) is 0 Å². The molecule has 3 amide bonds. The molecular formula is C13H23N3O4. The maximum Gasteiger partial charge on any atom is 0.326 e. The summed E-state index contributed by atoms with van der Waals surface area (Å²) in [5.41, 5.74) is 0. The number of aliphatic carboxylic acids is 1. The molecule has 20 heavy (non-hydrogen) atoms. The molecule has 0 aromatic carbocycles. The Labute approximate surface area is 118 Å². The highest BCUT2D eigenvalue weighted by Crippen LogP contribution is 2.22. The lowest BCUT2D eigenvalue weighted by molar-refractivity contribution is -0.143. The SMILES string of the molecule is CC1CCN(C(=O)NC(C)C(=O)N(C)C)C(C(=O)O)C1. The number of carbonyl (C=O) groups is 3. The van der Waals surface area contributed by atoms with Crippen LogP contribution in [0.25, 0.3) is 0 Å². The first kappa shape index (κ1) is 16.3. The van der Waals surface area contributed by atoms with Gasteiger partial charge in [0, 0.05) is 20.6 Å². The third-order valence-corrected chi connectivity index (χ3v) is 3.56. The molecule has 1 fully saturated rings. The van der Waals surface area contributed by atoms with Gasteiger partial charge in [-0.25, -0.2) is 9.59 Å². The number of nitrogens with one attached hydrogen (secondary N) is 1. The Bertz CT molecular complexity index is 397. The van der Waals surface area contributed by atoms with Crippen molar-refractivity contribution in [2.24, 2.45) is 5.92 Å². The Morgan fingerprint density at radius 1 is 1.35 bits per heavy atom. The predicted molar refractivity (Wildman–Crippen MR) is 73.2 cm³/mol. The molecule has 1 rings (SSSR count). The van der Waals surface area contributed by atoms with Crippen LogP contribution >= 0.6 is 0 Å². The molecule has 1 heterocycles. The summed E-state index contributed by atoms with van der Waals surface area (Å²) in [6, 6.07) is -1.99. The summed E-state index contributed by atoms with van der Waals surface area (Å²) in [5.74, 6) is -0.949. The van der Waals surface area contributed by atoms with Gasteiger partial charge in [0.2, 0.25) is 5.91 Å². The van der Waals surface area contributed by atoms with E-state index < -0.39 is 24.1 Å². The molecule has 0 spiro atoms. The van der Waals surface area contributed by atoms with Crippen molar-refractivity contribution in [3.63, 3.8) is 0 Å². The smallest absolute Gasteiger partial charge is 0.326 e. The number of carbonyl (C=O) groups excluding carboxylic acids is 2. The van der Waals surface area contributed by atoms with Crippen molar-refractivity contribution in [3.05, 3.63) is 0 Å². The first-order valence-corrected chi connectivity index (χ1v) is 6.75. The number of rotatable bonds is 3. The molecule has 3 unspecified atom stereocenters. The van der Waals surface area contributed by atoms with E-state index in [1.807, 2.05) is 6.92 Å². The van der Waals surface area contributed by atoms with Crippen LogP contribution in [0.2, 0.25) is 0 Å². The molecule has 3 atom stereocenters. The van der Waals surface area contributed by atoms with Gasteiger partial charge in [0.1, 0.15) is 12.1 Å². The molecule has 0 bridgehead atoms. The lowest BCUT2D eigenvalue weighted by atomic mass is 9.93. The minimum absolute atomic E-state index is 0.226. The topological polar surface area (TPSA) is 90.0 Å². The van der Waals surface area contributed by atoms with E-state index in [-0.39, 0.29) is 11.8 Å². The van der Waals surface area contributed by atoms with Crippen LogP contribution in [0, 0.1) is 5.92 Å². The highest BCUT2D eigenvalue weighted by Gasteiger charge is 2.35. The number of piperidine rings is 1. The van der Waals surface area contributed by atoms with Crippen molar-refractivity contribution in [2.75, 3.05) is 20.6 Å². The lowest BCUT2D eigenvalue weighted by Gasteiger charge is -2.36. The third kappa shape index (κ3) is 3.85. The number of likely N-dealkylation sites (tertiary alicyclic amines) is 1. The minimum Gasteiger partial charge on any atom is -0.480 e. The molecule has 1 aliphatic heterocycles. The van der Waals surface area contributed by atoms with Crippen LogP contribution in [0.4, 0.5) is 4.79 Å². The Kier molecular flexibility index (Phi) is 5.35. The molecule has 0 saturated carbocycles. The Hall–Kier alpha value is -1.79. The van der Waals surface area contributed by atoms with Crippen molar-refractivity contribution in [1.82, 2.24) is 15.1 Å². The normalized spacial score (nSPS) is 23.9. The second-order valence-electron chi connectivity index (χ2n) is 5.58. The van der Waals surface area contributed by atoms with E-state index in [0.717, 1.165) is 6.42 Å². The Morgan fingerprint density at radius 2 is 1.95 bits per heavy atom. The van der Waals surface area contributed by atoms with Crippen LogP contribution in [-0.2, 0) is 9.59 Å². The quantitative estimate of drug-likeness (QED) is 0.783. The number of urea groups is 1. The predicted octanol–water partition coefficient (Wildman–Crippen LogP) is 0.358. The van der Waals surface area contributed by atoms with E-state index in [2.05, 4.69) is 5.32 Å². The van der Waals surface area contributed by atoms with Crippen LogP contribution in [0.1, 0.15) is 26.7 Å². The van der Waals surface area contributed by atoms with Gasteiger partial charge in [-0.2, -0.15) is 0 Å². The molecule has 0 aliphatic carbocycles. The summed E-state index contributed by atoms with van der Waals surface area (Å²) in [6.07, 6.45) is 1.21. The first-order valence-electron chi connectivity index (χ1n) is 6.75. The summed E-state index contributed by atoms with van der Waals surface area (Å²) in [5, 5.41) is 11.8. The number of hydrogen-bond donors (Lipinski definition) is 2. The first-order chi connectivity index (χ1) is 9.23. The second kappa shape index (κ2) is 6.58. The maximum atomic E-state index is 12.1. The summed E-state index contributed by atoms with van der Waals surface area (Å²) in [4.78, 5) is 37.8. The number of carboxylic acid groups (broad SMARTS) is 1. The van der Waals surface area contributed by atoms with Crippen molar-refractivity contribution < 1.29 is 19.5 Å². The zero-order valence-electron chi connectivity index (χ0n) is 12.4. The molecule has 2 N–H and O–H groups in total. The number of nitrogens with zero attached hydrogens (tertiary/aromatic N) is 2. The number of amides is 3. The zero-order valence-corrected chi connectivity index (χ0v) is 12.4. The summed E-state index contributed by atoms with van der Waals surface area (Å²) in [6.45, 7) is 3.96. The summed E-state index contributed by atoms with van der Waals surface area (Å²) >= 11 is 0. The minimum atomic E-state index is -1.00. The largest absolute Gasteiger partial charge is 0.480 e. The molecule has 0 aromatic rings. The monoisotopic (exact) mass is 285 g/mol. The highest BCUT2D eigenvalue weighted by atomic mass is 16.4. The summed E-state index contributed by atoms with van der Waals surface area (Å²) < 4.78 is 0. The Balaban J connectivity index is 2.70. The van der Waals surface area contributed by atoms with Crippen LogP contribution in [-0.4, -0.2) is 65.5 Å².